The van der Waals surface area contributed by atoms with Crippen molar-refractivity contribution in [2.24, 2.45) is 45.3 Å². The zero-order chi connectivity index (χ0) is 53.6. The van der Waals surface area contributed by atoms with Gasteiger partial charge in [-0.2, -0.15) is 0 Å². The molecule has 4 aliphatic rings. The van der Waals surface area contributed by atoms with Crippen molar-refractivity contribution in [3.05, 3.63) is 30.1 Å². The fourth-order valence-electron chi connectivity index (χ4n) is 10.0. The number of amides is 7. The van der Waals surface area contributed by atoms with Crippen molar-refractivity contribution in [2.45, 2.75) is 171 Å². The van der Waals surface area contributed by atoms with Crippen LogP contribution < -0.4 is 26.6 Å². The number of hydrogen-bond donors (Lipinski definition) is 5. The highest BCUT2D eigenvalue weighted by molar-refractivity contribution is 6.39. The predicted molar refractivity (Wildman–Crippen MR) is 268 cm³/mol. The van der Waals surface area contributed by atoms with Crippen LogP contribution in [0.1, 0.15) is 130 Å². The molecule has 19 heteroatoms. The van der Waals surface area contributed by atoms with E-state index in [0.29, 0.717) is 32.4 Å². The van der Waals surface area contributed by atoms with Gasteiger partial charge in [0.05, 0.1) is 12.1 Å². The van der Waals surface area contributed by atoms with Crippen molar-refractivity contribution in [2.75, 3.05) is 26.2 Å². The van der Waals surface area contributed by atoms with E-state index in [4.69, 9.17) is 16.5 Å². The van der Waals surface area contributed by atoms with Gasteiger partial charge >= 0.3 is 6.09 Å². The average Bonchev–Trinajstić information content (AvgIpc) is 3.69. The summed E-state index contributed by atoms with van der Waals surface area (Å²) < 4.78 is 5.39. The van der Waals surface area contributed by atoms with Gasteiger partial charge in [0.2, 0.25) is 35.2 Å². The highest BCUT2D eigenvalue weighted by Crippen LogP contribution is 2.66. The summed E-state index contributed by atoms with van der Waals surface area (Å²) >= 11 is 5.78. The monoisotopic (exact) mass is 1000 g/mol. The number of Topliss-reactive ketones (excluding diaryl/α,β-unsaturated/α-hetero) is 2. The highest BCUT2D eigenvalue weighted by atomic mass is 35.5. The molecule has 394 valence electrons. The van der Waals surface area contributed by atoms with E-state index < -0.39 is 94.0 Å². The molecule has 0 aromatic carbocycles. The number of alkyl carbamates (subject to hydrolysis) is 1. The molecule has 2 aliphatic heterocycles. The van der Waals surface area contributed by atoms with Crippen molar-refractivity contribution >= 4 is 64.9 Å². The standard InChI is InChI=1S/C28H46N4O6.C23H36ClN4O4/c1-11-13-17(20(33)23(35)29-14-12-2)30-22(34)19-18-16(28(18,9)10)15-32(19)24(36)21(26(3,4)5)31-25(37)38-27(6,7)8;1-8-10-14(17(29)20(31)25-11-9-2)26-19(30)16-15-13(23(15,6)7)12-28(16)21(32)18(27-24)22(3,4)5/h12,16-19,21H,2,11,13-15H2,1,3-10H3,(H,29,35)(H,30,34)(H,31,37);9,13-16,18H,2,8,10-12H2,1,3-7H3,(H,25,31)(H,26,30)/q;-1/t16-,17?,18-,19-,21+;13-,14?,15-,16-,18+/m00/s1. The first-order valence-electron chi connectivity index (χ1n) is 24.6. The molecule has 10 atom stereocenters. The lowest BCUT2D eigenvalue weighted by Crippen LogP contribution is -2.60. The van der Waals surface area contributed by atoms with Gasteiger partial charge in [0, 0.05) is 26.2 Å². The van der Waals surface area contributed by atoms with Crippen LogP contribution in [0.15, 0.2) is 25.3 Å². The molecule has 4 rings (SSSR count). The van der Waals surface area contributed by atoms with Crippen LogP contribution in [-0.4, -0.2) is 131 Å². The van der Waals surface area contributed by atoms with Crippen LogP contribution >= 0.6 is 11.8 Å². The summed E-state index contributed by atoms with van der Waals surface area (Å²) in [5.41, 5.74) is -2.15. The lowest BCUT2D eigenvalue weighted by Gasteiger charge is -2.42. The second-order valence-corrected chi connectivity index (χ2v) is 23.7. The van der Waals surface area contributed by atoms with Crippen molar-refractivity contribution < 1.29 is 47.9 Å². The van der Waals surface area contributed by atoms with Gasteiger partial charge in [-0.3, -0.25) is 50.1 Å². The minimum atomic E-state index is -1.01. The van der Waals surface area contributed by atoms with Crippen LogP contribution in [0.5, 0.6) is 0 Å². The maximum atomic E-state index is 13.9. The largest absolute Gasteiger partial charge is 0.564 e. The van der Waals surface area contributed by atoms with E-state index in [9.17, 15) is 43.2 Å². The Labute approximate surface area is 420 Å². The lowest BCUT2D eigenvalue weighted by molar-refractivity contribution is -0.145. The molecule has 7 amide bonds. The molecule has 2 saturated carbocycles. The maximum Gasteiger partial charge on any atom is 0.408 e. The van der Waals surface area contributed by atoms with Gasteiger partial charge < -0.3 is 46.0 Å². The number of nitrogens with one attached hydrogen (secondary N) is 5. The van der Waals surface area contributed by atoms with Gasteiger partial charge in [-0.05, 0) is 85.0 Å². The van der Waals surface area contributed by atoms with E-state index in [2.05, 4.69) is 72.3 Å². The lowest BCUT2D eigenvalue weighted by atomic mass is 9.85. The van der Waals surface area contributed by atoms with E-state index >= 15 is 0 Å². The van der Waals surface area contributed by atoms with Crippen molar-refractivity contribution in [1.82, 2.24) is 36.4 Å². The summed E-state index contributed by atoms with van der Waals surface area (Å²) in [7, 11) is 0. The Morgan fingerprint density at radius 1 is 0.657 bits per heavy atom. The third-order valence-electron chi connectivity index (χ3n) is 14.1. The molecule has 0 spiro atoms. The minimum absolute atomic E-state index is 0.0191. The Kier molecular flexibility index (Phi) is 19.7. The van der Waals surface area contributed by atoms with Gasteiger partial charge in [-0.25, -0.2) is 4.79 Å². The Balaban J connectivity index is 0.000000376. The normalized spacial score (nSPS) is 24.3. The van der Waals surface area contributed by atoms with Gasteiger partial charge in [-0.1, -0.05) is 108 Å². The molecule has 18 nitrogen and oxygen atoms in total. The molecule has 0 aromatic heterocycles. The Hall–Kier alpha value is -4.84. The quantitative estimate of drug-likeness (QED) is 0.0795. The van der Waals surface area contributed by atoms with E-state index in [1.807, 2.05) is 55.4 Å². The van der Waals surface area contributed by atoms with E-state index in [0.717, 1.165) is 0 Å². The van der Waals surface area contributed by atoms with Crippen LogP contribution in [-0.2, 0) is 43.1 Å². The number of halogens is 1. The molecule has 2 heterocycles. The molecule has 0 aromatic rings. The number of nitrogens with zero attached hydrogens (tertiary/aromatic N) is 3. The fourth-order valence-corrected chi connectivity index (χ4v) is 10.4. The smallest absolute Gasteiger partial charge is 0.408 e. The molecule has 2 unspecified atom stereocenters. The van der Waals surface area contributed by atoms with E-state index in [1.54, 1.807) is 25.7 Å². The zero-order valence-electron chi connectivity index (χ0n) is 44.3. The van der Waals surface area contributed by atoms with Crippen molar-refractivity contribution in [3.63, 3.8) is 0 Å². The first-order valence-corrected chi connectivity index (χ1v) is 24.9. The molecule has 70 heavy (non-hydrogen) atoms. The molecular weight excluding hydrogens is 920 g/mol. The second-order valence-electron chi connectivity index (χ2n) is 23.5. The Morgan fingerprint density at radius 2 is 1.04 bits per heavy atom. The van der Waals surface area contributed by atoms with Crippen LogP contribution in [0, 0.1) is 45.3 Å². The SMILES string of the molecule is C=CCNC(=O)C(=O)C(CCC)NC(=O)[C@@H]1[C@@H]2[C@H](CN1C(=O)[C@@H](NC(=O)OC(C)(C)C)C(C)(C)C)C2(C)C.C=CCNC(=O)C(=O)C(CCC)NC(=O)[C@@H]1[C@@H]2[C@H](CN1C(=O)[C@@H]([N-]Cl)C(C)(C)C)C2(C)C. The van der Waals surface area contributed by atoms with Crippen LogP contribution in [0.25, 0.3) is 4.84 Å². The summed E-state index contributed by atoms with van der Waals surface area (Å²) in [5, 5.41) is 13.2. The predicted octanol–water partition coefficient (Wildman–Crippen LogP) is 5.13. The fraction of sp³-hybridized carbons (Fsp3) is 0.745. The van der Waals surface area contributed by atoms with Gasteiger partial charge in [-0.15, -0.1) is 13.2 Å². The molecule has 0 bridgehead atoms. The second kappa shape index (κ2) is 23.1. The maximum absolute atomic E-state index is 13.9. The summed E-state index contributed by atoms with van der Waals surface area (Å²) in [4.78, 5) is 124. The number of piperidine rings is 2. The van der Waals surface area contributed by atoms with Gasteiger partial charge in [0.1, 0.15) is 23.7 Å². The third kappa shape index (κ3) is 14.0. The topological polar surface area (TPSA) is 244 Å². The Bertz CT molecular complexity index is 2020. The molecule has 4 fully saturated rings. The number of likely N-dealkylation sites (tertiary alicyclic amines) is 2. The first kappa shape index (κ1) is 59.5. The van der Waals surface area contributed by atoms with Gasteiger partial charge in [0.25, 0.3) is 11.8 Å². The summed E-state index contributed by atoms with van der Waals surface area (Å²) in [5.74, 6) is -4.36. The molecular formula is C51H82ClN8O10-. The number of fused-ring (bicyclic) bond motifs is 2. The molecule has 2 saturated heterocycles. The van der Waals surface area contributed by atoms with E-state index in [1.165, 1.54) is 17.1 Å². The van der Waals surface area contributed by atoms with Crippen LogP contribution in [0.3, 0.4) is 0 Å². The average molecular weight is 1000 g/mol. The number of ketones is 2. The minimum Gasteiger partial charge on any atom is -0.564 e. The molecule has 5 N–H and O–H groups in total. The summed E-state index contributed by atoms with van der Waals surface area (Å²) in [6.07, 6.45) is 4.02. The van der Waals surface area contributed by atoms with Crippen molar-refractivity contribution in [3.8, 4) is 0 Å². The number of carbonyl (C=O) groups is 9. The number of hydrogen-bond acceptors (Lipinski definition) is 10. The molecule has 0 radical (unpaired) electrons. The van der Waals surface area contributed by atoms with Gasteiger partial charge in [0.15, 0.2) is 0 Å². The van der Waals surface area contributed by atoms with E-state index in [-0.39, 0.29) is 65.8 Å². The molecule has 2 aliphatic carbocycles. The summed E-state index contributed by atoms with van der Waals surface area (Å²) in [6.45, 7) is 36.5. The zero-order valence-corrected chi connectivity index (χ0v) is 45.1. The van der Waals surface area contributed by atoms with Crippen molar-refractivity contribution in [1.29, 1.82) is 0 Å². The van der Waals surface area contributed by atoms with Crippen LogP contribution in [0.2, 0.25) is 0 Å². The first-order chi connectivity index (χ1) is 32.2. The number of rotatable bonds is 20. The number of ether oxygens (including phenoxy) is 1. The highest BCUT2D eigenvalue weighted by Gasteiger charge is 2.71. The third-order valence-corrected chi connectivity index (χ3v) is 14.3. The van der Waals surface area contributed by atoms with Crippen LogP contribution in [0.4, 0.5) is 4.79 Å². The summed E-state index contributed by atoms with van der Waals surface area (Å²) in [6, 6.07) is -5.24. The number of carbonyl (C=O) groups excluding carboxylic acids is 9. The Morgan fingerprint density at radius 3 is 1.36 bits per heavy atom.